The summed E-state index contributed by atoms with van der Waals surface area (Å²) in [5, 5.41) is 3.41. The fourth-order valence-electron chi connectivity index (χ4n) is 4.18. The minimum atomic E-state index is -0.0703. The quantitative estimate of drug-likeness (QED) is 0.197. The molecule has 0 aromatic carbocycles. The average molecular weight is 517 g/mol. The standard InChI is InChI=1S/C21H35N5O2.HI/c1-3-23-21(24-11-6-9-20(27)28-18-7-4-5-8-18)25-13-10-17(2)19(15-25)26-14-12-22-16-26;/h12,14,16-19H,3-11,13,15H2,1-2H3,(H,23,24);1H. The molecule has 1 aromatic rings. The Morgan fingerprint density at radius 3 is 2.79 bits per heavy atom. The number of nitrogens with one attached hydrogen (secondary N) is 1. The second-order valence-corrected chi connectivity index (χ2v) is 8.02. The van der Waals surface area contributed by atoms with Crippen LogP contribution in [0.3, 0.4) is 0 Å². The third kappa shape index (κ3) is 7.15. The number of aliphatic imine (C=N–C) groups is 1. The van der Waals surface area contributed by atoms with Gasteiger partial charge in [0.25, 0.3) is 0 Å². The van der Waals surface area contributed by atoms with Crippen LogP contribution in [-0.2, 0) is 9.53 Å². The highest BCUT2D eigenvalue weighted by molar-refractivity contribution is 14.0. The van der Waals surface area contributed by atoms with Crippen LogP contribution < -0.4 is 5.32 Å². The lowest BCUT2D eigenvalue weighted by molar-refractivity contribution is -0.148. The Morgan fingerprint density at radius 2 is 2.10 bits per heavy atom. The Bertz CT molecular complexity index is 631. The number of carbonyl (C=O) groups is 1. The van der Waals surface area contributed by atoms with E-state index in [1.807, 2.05) is 18.7 Å². The molecular weight excluding hydrogens is 481 g/mol. The maximum atomic E-state index is 12.0. The lowest BCUT2D eigenvalue weighted by Gasteiger charge is -2.39. The number of hydrogen-bond donors (Lipinski definition) is 1. The summed E-state index contributed by atoms with van der Waals surface area (Å²) in [7, 11) is 0. The zero-order valence-corrected chi connectivity index (χ0v) is 20.1. The molecule has 2 atom stereocenters. The van der Waals surface area contributed by atoms with Gasteiger partial charge in [-0.15, -0.1) is 24.0 Å². The van der Waals surface area contributed by atoms with E-state index < -0.39 is 0 Å². The van der Waals surface area contributed by atoms with E-state index in [1.165, 1.54) is 12.8 Å². The number of nitrogens with zero attached hydrogens (tertiary/aromatic N) is 4. The number of piperidine rings is 1. The van der Waals surface area contributed by atoms with Crippen molar-refractivity contribution < 1.29 is 9.53 Å². The van der Waals surface area contributed by atoms with Crippen LogP contribution in [0.5, 0.6) is 0 Å². The smallest absolute Gasteiger partial charge is 0.306 e. The predicted molar refractivity (Wildman–Crippen MR) is 126 cm³/mol. The van der Waals surface area contributed by atoms with Crippen molar-refractivity contribution in [3.05, 3.63) is 18.7 Å². The van der Waals surface area contributed by atoms with Crippen LogP contribution in [0.2, 0.25) is 0 Å². The molecule has 1 N–H and O–H groups in total. The molecule has 1 saturated heterocycles. The van der Waals surface area contributed by atoms with Crippen LogP contribution in [0.4, 0.5) is 0 Å². The van der Waals surface area contributed by atoms with E-state index >= 15 is 0 Å². The van der Waals surface area contributed by atoms with E-state index in [4.69, 9.17) is 9.73 Å². The molecule has 29 heavy (non-hydrogen) atoms. The number of carbonyl (C=O) groups excluding carboxylic acids is 1. The highest BCUT2D eigenvalue weighted by Gasteiger charge is 2.28. The van der Waals surface area contributed by atoms with Crippen LogP contribution in [0, 0.1) is 5.92 Å². The molecule has 0 radical (unpaired) electrons. The van der Waals surface area contributed by atoms with Gasteiger partial charge in [0.15, 0.2) is 5.96 Å². The van der Waals surface area contributed by atoms with Gasteiger partial charge in [-0.3, -0.25) is 9.79 Å². The molecule has 2 fully saturated rings. The van der Waals surface area contributed by atoms with Crippen molar-refractivity contribution in [3.63, 3.8) is 0 Å². The van der Waals surface area contributed by atoms with Crippen molar-refractivity contribution >= 4 is 35.9 Å². The van der Waals surface area contributed by atoms with Crippen molar-refractivity contribution in [2.24, 2.45) is 10.9 Å². The topological polar surface area (TPSA) is 71.8 Å². The number of imidazole rings is 1. The monoisotopic (exact) mass is 517 g/mol. The summed E-state index contributed by atoms with van der Waals surface area (Å²) in [6, 6.07) is 0.404. The Hall–Kier alpha value is -1.32. The Morgan fingerprint density at radius 1 is 1.31 bits per heavy atom. The summed E-state index contributed by atoms with van der Waals surface area (Å²) in [5.74, 6) is 1.49. The SMILES string of the molecule is CCNC(=NCCCC(=O)OC1CCCC1)N1CCC(C)C(n2ccnc2)C1.I. The second kappa shape index (κ2) is 12.4. The molecule has 0 amide bonds. The van der Waals surface area contributed by atoms with Crippen LogP contribution in [-0.4, -0.2) is 58.7 Å². The third-order valence-corrected chi connectivity index (χ3v) is 5.86. The van der Waals surface area contributed by atoms with Crippen molar-refractivity contribution in [1.29, 1.82) is 0 Å². The number of esters is 1. The van der Waals surface area contributed by atoms with Crippen LogP contribution in [0.25, 0.3) is 0 Å². The summed E-state index contributed by atoms with van der Waals surface area (Å²) < 4.78 is 7.74. The number of ether oxygens (including phenoxy) is 1. The van der Waals surface area contributed by atoms with Crippen molar-refractivity contribution in [1.82, 2.24) is 19.8 Å². The number of rotatable bonds is 7. The lowest BCUT2D eigenvalue weighted by atomic mass is 9.93. The summed E-state index contributed by atoms with van der Waals surface area (Å²) >= 11 is 0. The molecule has 1 aliphatic carbocycles. The summed E-state index contributed by atoms with van der Waals surface area (Å²) in [4.78, 5) is 23.3. The predicted octanol–water partition coefficient (Wildman–Crippen LogP) is 3.62. The van der Waals surface area contributed by atoms with Crippen LogP contribution >= 0.6 is 24.0 Å². The molecule has 164 valence electrons. The summed E-state index contributed by atoms with van der Waals surface area (Å²) in [6.07, 6.45) is 12.7. The van der Waals surface area contributed by atoms with Gasteiger partial charge in [-0.1, -0.05) is 6.92 Å². The maximum Gasteiger partial charge on any atom is 0.306 e. The number of hydrogen-bond acceptors (Lipinski definition) is 4. The first-order valence-electron chi connectivity index (χ1n) is 10.9. The largest absolute Gasteiger partial charge is 0.462 e. The summed E-state index contributed by atoms with van der Waals surface area (Å²) in [6.45, 7) is 7.81. The van der Waals surface area contributed by atoms with E-state index in [-0.39, 0.29) is 36.0 Å². The number of aromatic nitrogens is 2. The van der Waals surface area contributed by atoms with Crippen molar-refractivity contribution in [2.75, 3.05) is 26.2 Å². The molecule has 2 heterocycles. The zero-order valence-electron chi connectivity index (χ0n) is 17.8. The van der Waals surface area contributed by atoms with Gasteiger partial charge in [0, 0.05) is 45.0 Å². The first-order chi connectivity index (χ1) is 13.7. The van der Waals surface area contributed by atoms with Crippen molar-refractivity contribution in [2.45, 2.75) is 70.9 Å². The van der Waals surface area contributed by atoms with E-state index in [9.17, 15) is 4.79 Å². The highest BCUT2D eigenvalue weighted by Crippen LogP contribution is 2.27. The first-order valence-corrected chi connectivity index (χ1v) is 10.9. The molecule has 1 saturated carbocycles. The van der Waals surface area contributed by atoms with Gasteiger partial charge in [0.2, 0.25) is 0 Å². The van der Waals surface area contributed by atoms with Gasteiger partial charge in [0.1, 0.15) is 6.10 Å². The Balaban J connectivity index is 0.00000300. The number of likely N-dealkylation sites (tertiary alicyclic amines) is 1. The molecule has 2 unspecified atom stereocenters. The minimum absolute atomic E-state index is 0. The van der Waals surface area contributed by atoms with Gasteiger partial charge in [-0.2, -0.15) is 0 Å². The molecule has 2 aliphatic rings. The van der Waals surface area contributed by atoms with Gasteiger partial charge in [-0.05, 0) is 51.4 Å². The molecule has 7 nitrogen and oxygen atoms in total. The normalized spacial score (nSPS) is 23.0. The molecule has 1 aromatic heterocycles. The Kier molecular flexibility index (Phi) is 10.2. The molecule has 0 bridgehead atoms. The van der Waals surface area contributed by atoms with Gasteiger partial charge >= 0.3 is 5.97 Å². The van der Waals surface area contributed by atoms with Crippen LogP contribution in [0.1, 0.15) is 64.8 Å². The molecular formula is C21H36IN5O2. The number of halogens is 1. The third-order valence-electron chi connectivity index (χ3n) is 5.86. The van der Waals surface area contributed by atoms with Gasteiger partial charge in [0.05, 0.1) is 12.4 Å². The molecule has 0 spiro atoms. The maximum absolute atomic E-state index is 12.0. The fraction of sp³-hybridized carbons (Fsp3) is 0.762. The van der Waals surface area contributed by atoms with Gasteiger partial charge < -0.3 is 19.5 Å². The van der Waals surface area contributed by atoms with E-state index in [2.05, 4.69) is 33.6 Å². The van der Waals surface area contributed by atoms with Crippen LogP contribution in [0.15, 0.2) is 23.7 Å². The molecule has 8 heteroatoms. The fourth-order valence-corrected chi connectivity index (χ4v) is 4.18. The Labute approximate surface area is 191 Å². The zero-order chi connectivity index (χ0) is 19.8. The second-order valence-electron chi connectivity index (χ2n) is 8.02. The summed E-state index contributed by atoms with van der Waals surface area (Å²) in [5.41, 5.74) is 0. The van der Waals surface area contributed by atoms with E-state index in [0.717, 1.165) is 51.3 Å². The molecule has 1 aliphatic heterocycles. The van der Waals surface area contributed by atoms with Crippen molar-refractivity contribution in [3.8, 4) is 0 Å². The number of guanidine groups is 1. The van der Waals surface area contributed by atoms with Gasteiger partial charge in [-0.25, -0.2) is 4.98 Å². The molecule has 3 rings (SSSR count). The first kappa shape index (κ1) is 24.0. The highest BCUT2D eigenvalue weighted by atomic mass is 127. The van der Waals surface area contributed by atoms with E-state index in [0.29, 0.717) is 24.9 Å². The lowest BCUT2D eigenvalue weighted by Crippen LogP contribution is -2.49. The van der Waals surface area contributed by atoms with E-state index in [1.54, 1.807) is 0 Å². The minimum Gasteiger partial charge on any atom is -0.462 e. The average Bonchev–Trinajstić information content (AvgIpc) is 3.39.